The summed E-state index contributed by atoms with van der Waals surface area (Å²) in [6.45, 7) is 6.07. The van der Waals surface area contributed by atoms with Crippen LogP contribution in [0.1, 0.15) is 19.8 Å². The second kappa shape index (κ2) is 5.30. The molecular formula is C13H20N2O4. The van der Waals surface area contributed by atoms with Gasteiger partial charge in [0.15, 0.2) is 0 Å². The van der Waals surface area contributed by atoms with E-state index in [0.717, 1.165) is 0 Å². The summed E-state index contributed by atoms with van der Waals surface area (Å²) < 4.78 is 5.01. The molecule has 3 N–H and O–H groups in total. The van der Waals surface area contributed by atoms with Gasteiger partial charge in [-0.05, 0) is 19.8 Å². The van der Waals surface area contributed by atoms with Gasteiger partial charge in [0.1, 0.15) is 5.54 Å². The first-order chi connectivity index (χ1) is 9.03. The number of hydrogen-bond donors (Lipinski definition) is 3. The van der Waals surface area contributed by atoms with E-state index < -0.39 is 23.7 Å². The van der Waals surface area contributed by atoms with Gasteiger partial charge in [0.05, 0.1) is 18.8 Å². The predicted octanol–water partition coefficient (Wildman–Crippen LogP) is -0.667. The molecule has 2 aliphatic rings. The molecule has 2 fully saturated rings. The van der Waals surface area contributed by atoms with E-state index in [1.54, 1.807) is 13.0 Å². The Morgan fingerprint density at radius 2 is 2.37 bits per heavy atom. The number of esters is 1. The molecular weight excluding hydrogens is 248 g/mol. The van der Waals surface area contributed by atoms with Crippen molar-refractivity contribution in [2.75, 3.05) is 13.2 Å². The summed E-state index contributed by atoms with van der Waals surface area (Å²) in [6.07, 6.45) is 2.04. The Kier molecular flexibility index (Phi) is 3.91. The van der Waals surface area contributed by atoms with Gasteiger partial charge < -0.3 is 20.5 Å². The molecule has 19 heavy (non-hydrogen) atoms. The van der Waals surface area contributed by atoms with Crippen LogP contribution in [0, 0.1) is 5.92 Å². The van der Waals surface area contributed by atoms with Crippen molar-refractivity contribution in [1.29, 1.82) is 0 Å². The number of nitrogens with one attached hydrogen (secondary N) is 2. The molecule has 4 atom stereocenters. The zero-order chi connectivity index (χ0) is 14.0. The molecule has 0 aromatic rings. The summed E-state index contributed by atoms with van der Waals surface area (Å²) >= 11 is 0. The van der Waals surface area contributed by atoms with E-state index in [2.05, 4.69) is 17.2 Å². The molecule has 0 bridgehead atoms. The van der Waals surface area contributed by atoms with E-state index in [-0.39, 0.29) is 18.4 Å². The lowest BCUT2D eigenvalue weighted by Crippen LogP contribution is -2.51. The van der Waals surface area contributed by atoms with Crippen LogP contribution < -0.4 is 10.6 Å². The Morgan fingerprint density at radius 3 is 2.84 bits per heavy atom. The van der Waals surface area contributed by atoms with Crippen molar-refractivity contribution >= 4 is 11.9 Å². The van der Waals surface area contributed by atoms with E-state index in [1.165, 1.54) is 0 Å². The number of ether oxygens (including phenoxy) is 1. The number of carbonyl (C=O) groups is 2. The van der Waals surface area contributed by atoms with Gasteiger partial charge in [-0.15, -0.1) is 6.58 Å². The van der Waals surface area contributed by atoms with Crippen molar-refractivity contribution in [3.63, 3.8) is 0 Å². The third-order valence-corrected chi connectivity index (χ3v) is 3.71. The summed E-state index contributed by atoms with van der Waals surface area (Å²) in [6, 6.07) is -0.452. The Labute approximate surface area is 112 Å². The average Bonchev–Trinajstić information content (AvgIpc) is 2.92. The SMILES string of the molecule is C=CC1CC1(NC(=O)C1CC(O)CN1)C(=O)OCC. The monoisotopic (exact) mass is 268 g/mol. The van der Waals surface area contributed by atoms with E-state index in [1.807, 2.05) is 0 Å². The van der Waals surface area contributed by atoms with Gasteiger partial charge in [0.2, 0.25) is 5.91 Å². The van der Waals surface area contributed by atoms with Crippen molar-refractivity contribution in [3.05, 3.63) is 12.7 Å². The molecule has 1 heterocycles. The first-order valence-electron chi connectivity index (χ1n) is 6.56. The summed E-state index contributed by atoms with van der Waals surface area (Å²) in [5.74, 6) is -0.762. The normalized spacial score (nSPS) is 36.6. The van der Waals surface area contributed by atoms with Crippen LogP contribution in [-0.2, 0) is 14.3 Å². The Bertz CT molecular complexity index is 398. The minimum atomic E-state index is -0.954. The van der Waals surface area contributed by atoms with E-state index >= 15 is 0 Å². The fraction of sp³-hybridized carbons (Fsp3) is 0.692. The second-order valence-electron chi connectivity index (χ2n) is 5.08. The highest BCUT2D eigenvalue weighted by Crippen LogP contribution is 2.45. The Hall–Kier alpha value is -1.40. The van der Waals surface area contributed by atoms with Gasteiger partial charge >= 0.3 is 5.97 Å². The number of aliphatic hydroxyl groups is 1. The second-order valence-corrected chi connectivity index (χ2v) is 5.08. The molecule has 0 radical (unpaired) electrons. The molecule has 6 heteroatoms. The number of carbonyl (C=O) groups excluding carboxylic acids is 2. The fourth-order valence-corrected chi connectivity index (χ4v) is 2.49. The van der Waals surface area contributed by atoms with Crippen LogP contribution in [-0.4, -0.2) is 47.8 Å². The molecule has 1 saturated carbocycles. The zero-order valence-corrected chi connectivity index (χ0v) is 11.0. The van der Waals surface area contributed by atoms with Crippen LogP contribution in [0.15, 0.2) is 12.7 Å². The molecule has 2 rings (SSSR count). The van der Waals surface area contributed by atoms with Gasteiger partial charge in [-0.25, -0.2) is 4.79 Å². The highest BCUT2D eigenvalue weighted by Gasteiger charge is 2.61. The Morgan fingerprint density at radius 1 is 1.63 bits per heavy atom. The van der Waals surface area contributed by atoms with Crippen molar-refractivity contribution in [1.82, 2.24) is 10.6 Å². The van der Waals surface area contributed by atoms with Crippen molar-refractivity contribution in [3.8, 4) is 0 Å². The van der Waals surface area contributed by atoms with Gasteiger partial charge in [-0.1, -0.05) is 6.08 Å². The number of aliphatic hydroxyl groups excluding tert-OH is 1. The van der Waals surface area contributed by atoms with Crippen LogP contribution in [0.2, 0.25) is 0 Å². The summed E-state index contributed by atoms with van der Waals surface area (Å²) in [4.78, 5) is 24.0. The fourth-order valence-electron chi connectivity index (χ4n) is 2.49. The lowest BCUT2D eigenvalue weighted by molar-refractivity contribution is -0.149. The third kappa shape index (κ3) is 2.64. The van der Waals surface area contributed by atoms with Crippen molar-refractivity contribution in [2.45, 2.75) is 37.5 Å². The largest absolute Gasteiger partial charge is 0.464 e. The quantitative estimate of drug-likeness (QED) is 0.455. The lowest BCUT2D eigenvalue weighted by atomic mass is 10.1. The van der Waals surface area contributed by atoms with Gasteiger partial charge in [-0.2, -0.15) is 0 Å². The van der Waals surface area contributed by atoms with Crippen molar-refractivity contribution < 1.29 is 19.4 Å². The van der Waals surface area contributed by atoms with Crippen molar-refractivity contribution in [2.24, 2.45) is 5.92 Å². The molecule has 1 saturated heterocycles. The van der Waals surface area contributed by atoms with Crippen LogP contribution in [0.5, 0.6) is 0 Å². The number of rotatable bonds is 5. The van der Waals surface area contributed by atoms with Crippen LogP contribution in [0.4, 0.5) is 0 Å². The first kappa shape index (κ1) is 14.0. The molecule has 6 nitrogen and oxygen atoms in total. The maximum atomic E-state index is 12.1. The predicted molar refractivity (Wildman–Crippen MR) is 68.2 cm³/mol. The van der Waals surface area contributed by atoms with Crippen LogP contribution in [0.3, 0.4) is 0 Å². The summed E-state index contributed by atoms with van der Waals surface area (Å²) in [5.41, 5.74) is -0.954. The highest BCUT2D eigenvalue weighted by molar-refractivity contribution is 5.93. The third-order valence-electron chi connectivity index (χ3n) is 3.71. The summed E-state index contributed by atoms with van der Waals surface area (Å²) in [7, 11) is 0. The molecule has 0 aromatic carbocycles. The summed E-state index contributed by atoms with van der Waals surface area (Å²) in [5, 5.41) is 15.1. The van der Waals surface area contributed by atoms with Gasteiger partial charge in [-0.3, -0.25) is 4.79 Å². The van der Waals surface area contributed by atoms with Crippen LogP contribution in [0.25, 0.3) is 0 Å². The maximum absolute atomic E-state index is 12.1. The molecule has 0 aromatic heterocycles. The minimum absolute atomic E-state index is 0.0816. The lowest BCUT2D eigenvalue weighted by Gasteiger charge is -2.19. The number of hydrogen-bond acceptors (Lipinski definition) is 5. The highest BCUT2D eigenvalue weighted by atomic mass is 16.5. The first-order valence-corrected chi connectivity index (χ1v) is 6.56. The van der Waals surface area contributed by atoms with E-state index in [4.69, 9.17) is 4.74 Å². The molecule has 1 amide bonds. The maximum Gasteiger partial charge on any atom is 0.332 e. The van der Waals surface area contributed by atoms with E-state index in [0.29, 0.717) is 19.4 Å². The van der Waals surface area contributed by atoms with Crippen LogP contribution >= 0.6 is 0 Å². The minimum Gasteiger partial charge on any atom is -0.464 e. The molecule has 1 aliphatic carbocycles. The van der Waals surface area contributed by atoms with E-state index in [9.17, 15) is 14.7 Å². The molecule has 4 unspecified atom stereocenters. The topological polar surface area (TPSA) is 87.7 Å². The number of amides is 1. The number of β-amino-alcohol motifs (C(OH)–C–C–N with tert-alkyl or cyclic N) is 1. The standard InChI is InChI=1S/C13H20N2O4/c1-3-8-6-13(8,12(18)19-4-2)15-11(17)10-5-9(16)7-14-10/h3,8-10,14,16H,1,4-7H2,2H3,(H,15,17). The smallest absolute Gasteiger partial charge is 0.332 e. The molecule has 1 aliphatic heterocycles. The Balaban J connectivity index is 2.00. The van der Waals surface area contributed by atoms with Gasteiger partial charge in [0.25, 0.3) is 0 Å². The zero-order valence-electron chi connectivity index (χ0n) is 11.0. The molecule has 0 spiro atoms. The molecule has 106 valence electrons. The van der Waals surface area contributed by atoms with Gasteiger partial charge in [0, 0.05) is 12.5 Å². The average molecular weight is 268 g/mol.